The molecule has 0 unspecified atom stereocenters. The van der Waals surface area contributed by atoms with Gasteiger partial charge in [-0.25, -0.2) is 4.68 Å². The fraction of sp³-hybridized carbons (Fsp3) is 0.526. The lowest BCUT2D eigenvalue weighted by molar-refractivity contribution is 0.270. The standard InChI is InChI=1S/C19H29N3O2/c1-14(2)9-12-24-18-7-5-17(6-8-18)13-20-19-15(3)16(4)21-22(19)10-11-23/h5-8,14,20,23H,9-13H2,1-4H3. The number of aliphatic hydroxyl groups excluding tert-OH is 1. The first-order valence-electron chi connectivity index (χ1n) is 8.61. The van der Waals surface area contributed by atoms with E-state index in [9.17, 15) is 0 Å². The van der Waals surface area contributed by atoms with Gasteiger partial charge in [-0.2, -0.15) is 5.10 Å². The molecule has 0 spiro atoms. The SMILES string of the molecule is Cc1nn(CCO)c(NCc2ccc(OCCC(C)C)cc2)c1C. The minimum absolute atomic E-state index is 0.0810. The number of aliphatic hydroxyl groups is 1. The number of rotatable bonds is 9. The summed E-state index contributed by atoms with van der Waals surface area (Å²) < 4.78 is 7.57. The topological polar surface area (TPSA) is 59.3 Å². The number of nitrogens with zero attached hydrogens (tertiary/aromatic N) is 2. The average Bonchev–Trinajstić information content (AvgIpc) is 2.81. The number of hydrogen-bond donors (Lipinski definition) is 2. The van der Waals surface area contributed by atoms with Crippen molar-refractivity contribution >= 4 is 5.82 Å². The molecule has 132 valence electrons. The molecule has 0 bridgehead atoms. The summed E-state index contributed by atoms with van der Waals surface area (Å²) in [6.07, 6.45) is 1.07. The van der Waals surface area contributed by atoms with Gasteiger partial charge in [-0.15, -0.1) is 0 Å². The quantitative estimate of drug-likeness (QED) is 0.738. The zero-order chi connectivity index (χ0) is 17.5. The van der Waals surface area contributed by atoms with Crippen LogP contribution in [0.1, 0.15) is 37.1 Å². The van der Waals surface area contributed by atoms with E-state index in [4.69, 9.17) is 9.84 Å². The summed E-state index contributed by atoms with van der Waals surface area (Å²) in [6.45, 7) is 10.5. The van der Waals surface area contributed by atoms with Gasteiger partial charge in [0.2, 0.25) is 0 Å². The van der Waals surface area contributed by atoms with Crippen molar-refractivity contribution in [1.82, 2.24) is 9.78 Å². The van der Waals surface area contributed by atoms with Crippen molar-refractivity contribution in [2.24, 2.45) is 5.92 Å². The zero-order valence-corrected chi connectivity index (χ0v) is 15.2. The van der Waals surface area contributed by atoms with E-state index in [1.54, 1.807) is 0 Å². The van der Waals surface area contributed by atoms with E-state index in [0.29, 0.717) is 19.0 Å². The van der Waals surface area contributed by atoms with Gasteiger partial charge in [0.1, 0.15) is 11.6 Å². The van der Waals surface area contributed by atoms with E-state index in [1.807, 2.05) is 30.7 Å². The Hall–Kier alpha value is -2.01. The Kier molecular flexibility index (Phi) is 6.67. The van der Waals surface area contributed by atoms with Gasteiger partial charge in [0.05, 0.1) is 25.5 Å². The number of anilines is 1. The average molecular weight is 331 g/mol. The van der Waals surface area contributed by atoms with Crippen molar-refractivity contribution in [3.8, 4) is 5.75 Å². The summed E-state index contributed by atoms with van der Waals surface area (Å²) in [5.41, 5.74) is 3.29. The Bertz CT molecular complexity index is 633. The van der Waals surface area contributed by atoms with Crippen molar-refractivity contribution in [1.29, 1.82) is 0 Å². The van der Waals surface area contributed by atoms with Crippen LogP contribution in [0.4, 0.5) is 5.82 Å². The molecule has 0 aliphatic heterocycles. The normalized spacial score (nSPS) is 11.1. The van der Waals surface area contributed by atoms with E-state index in [2.05, 4.69) is 36.4 Å². The molecule has 0 saturated carbocycles. The summed E-state index contributed by atoms with van der Waals surface area (Å²) in [6, 6.07) is 8.18. The number of aromatic nitrogens is 2. The van der Waals surface area contributed by atoms with Gasteiger partial charge in [0.15, 0.2) is 0 Å². The summed E-state index contributed by atoms with van der Waals surface area (Å²) >= 11 is 0. The highest BCUT2D eigenvalue weighted by molar-refractivity contribution is 5.47. The van der Waals surface area contributed by atoms with Crippen LogP contribution in [0.15, 0.2) is 24.3 Å². The predicted octanol–water partition coefficient (Wildman–Crippen LogP) is 3.53. The molecule has 0 aliphatic rings. The maximum absolute atomic E-state index is 9.16. The van der Waals surface area contributed by atoms with Crippen LogP contribution in [0.25, 0.3) is 0 Å². The second-order valence-electron chi connectivity index (χ2n) is 6.53. The van der Waals surface area contributed by atoms with Gasteiger partial charge >= 0.3 is 0 Å². The molecule has 0 amide bonds. The fourth-order valence-corrected chi connectivity index (χ4v) is 2.45. The Morgan fingerprint density at radius 2 is 1.92 bits per heavy atom. The summed E-state index contributed by atoms with van der Waals surface area (Å²) in [5, 5.41) is 17.0. The number of ether oxygens (including phenoxy) is 1. The van der Waals surface area contributed by atoms with Crippen LogP contribution in [0.3, 0.4) is 0 Å². The third-order valence-corrected chi connectivity index (χ3v) is 4.09. The molecule has 2 aromatic rings. The first kappa shape index (κ1) is 18.3. The molecule has 2 N–H and O–H groups in total. The number of benzene rings is 1. The Labute approximate surface area is 144 Å². The molecule has 5 heteroatoms. The van der Waals surface area contributed by atoms with E-state index in [1.165, 1.54) is 5.56 Å². The van der Waals surface area contributed by atoms with Crippen LogP contribution in [0.2, 0.25) is 0 Å². The Balaban J connectivity index is 1.93. The third kappa shape index (κ3) is 4.99. The van der Waals surface area contributed by atoms with Crippen LogP contribution in [-0.4, -0.2) is 28.1 Å². The maximum atomic E-state index is 9.16. The molecule has 1 heterocycles. The van der Waals surface area contributed by atoms with Crippen molar-refractivity contribution in [3.63, 3.8) is 0 Å². The van der Waals surface area contributed by atoms with Crippen LogP contribution in [0, 0.1) is 19.8 Å². The monoisotopic (exact) mass is 331 g/mol. The highest BCUT2D eigenvalue weighted by atomic mass is 16.5. The number of aryl methyl sites for hydroxylation is 1. The van der Waals surface area contributed by atoms with Crippen molar-refractivity contribution in [3.05, 3.63) is 41.1 Å². The molecule has 1 aromatic heterocycles. The second-order valence-corrected chi connectivity index (χ2v) is 6.53. The molecule has 0 saturated heterocycles. The maximum Gasteiger partial charge on any atom is 0.127 e. The van der Waals surface area contributed by atoms with E-state index >= 15 is 0 Å². The largest absolute Gasteiger partial charge is 0.494 e. The van der Waals surface area contributed by atoms with Crippen molar-refractivity contribution in [2.45, 2.75) is 47.2 Å². The van der Waals surface area contributed by atoms with Crippen molar-refractivity contribution < 1.29 is 9.84 Å². The molecular weight excluding hydrogens is 302 g/mol. The summed E-state index contributed by atoms with van der Waals surface area (Å²) in [5.74, 6) is 2.54. The van der Waals surface area contributed by atoms with Gasteiger partial charge in [0, 0.05) is 12.1 Å². The highest BCUT2D eigenvalue weighted by Gasteiger charge is 2.10. The third-order valence-electron chi connectivity index (χ3n) is 4.09. The minimum Gasteiger partial charge on any atom is -0.494 e. The zero-order valence-electron chi connectivity index (χ0n) is 15.2. The van der Waals surface area contributed by atoms with Gasteiger partial charge in [-0.1, -0.05) is 26.0 Å². The van der Waals surface area contributed by atoms with Gasteiger partial charge in [0.25, 0.3) is 0 Å². The van der Waals surface area contributed by atoms with Crippen molar-refractivity contribution in [2.75, 3.05) is 18.5 Å². The van der Waals surface area contributed by atoms with Gasteiger partial charge in [-0.05, 0) is 43.9 Å². The summed E-state index contributed by atoms with van der Waals surface area (Å²) in [4.78, 5) is 0. The van der Waals surface area contributed by atoms with Crippen LogP contribution < -0.4 is 10.1 Å². The minimum atomic E-state index is 0.0810. The number of nitrogens with one attached hydrogen (secondary N) is 1. The lowest BCUT2D eigenvalue weighted by atomic mass is 10.1. The first-order chi connectivity index (χ1) is 11.5. The van der Waals surface area contributed by atoms with Gasteiger partial charge in [-0.3, -0.25) is 0 Å². The summed E-state index contributed by atoms with van der Waals surface area (Å²) in [7, 11) is 0. The molecule has 0 radical (unpaired) electrons. The first-order valence-corrected chi connectivity index (χ1v) is 8.61. The molecule has 24 heavy (non-hydrogen) atoms. The molecule has 0 fully saturated rings. The van der Waals surface area contributed by atoms with Crippen LogP contribution >= 0.6 is 0 Å². The van der Waals surface area contributed by atoms with E-state index in [0.717, 1.165) is 35.9 Å². The van der Waals surface area contributed by atoms with E-state index < -0.39 is 0 Å². The van der Waals surface area contributed by atoms with Gasteiger partial charge < -0.3 is 15.2 Å². The fourth-order valence-electron chi connectivity index (χ4n) is 2.45. The Morgan fingerprint density at radius 3 is 2.54 bits per heavy atom. The van der Waals surface area contributed by atoms with Crippen LogP contribution in [0.5, 0.6) is 5.75 Å². The van der Waals surface area contributed by atoms with Crippen LogP contribution in [-0.2, 0) is 13.1 Å². The smallest absolute Gasteiger partial charge is 0.127 e. The molecule has 5 nitrogen and oxygen atoms in total. The molecule has 1 aromatic carbocycles. The number of hydrogen-bond acceptors (Lipinski definition) is 4. The second kappa shape index (κ2) is 8.73. The highest BCUT2D eigenvalue weighted by Crippen LogP contribution is 2.20. The molecular formula is C19H29N3O2. The molecule has 0 aliphatic carbocycles. The molecule has 0 atom stereocenters. The lowest BCUT2D eigenvalue weighted by Gasteiger charge is -2.11. The Morgan fingerprint density at radius 1 is 1.21 bits per heavy atom. The molecule has 2 rings (SSSR count). The predicted molar refractivity (Wildman–Crippen MR) is 97.5 cm³/mol. The van der Waals surface area contributed by atoms with E-state index in [-0.39, 0.29) is 6.61 Å². The lowest BCUT2D eigenvalue weighted by Crippen LogP contribution is -2.11.